The highest BCUT2D eigenvalue weighted by molar-refractivity contribution is 5.70. The molecule has 2 aromatic rings. The summed E-state index contributed by atoms with van der Waals surface area (Å²) in [7, 11) is 3.98. The molecule has 23 heavy (non-hydrogen) atoms. The van der Waals surface area contributed by atoms with Crippen LogP contribution in [0.25, 0.3) is 11.4 Å². The van der Waals surface area contributed by atoms with Gasteiger partial charge in [-0.05, 0) is 37.1 Å². The number of rotatable bonds is 4. The standard InChI is InChI=1S/C16H20N4O3/c1-19(2)13-5-3-11(4-6-13)14-17-16(23-18-14)20-9-7-12(8-10-20)15(21)22/h3-6,12H,7-10H2,1-2H3,(H,21,22). The zero-order valence-corrected chi connectivity index (χ0v) is 13.3. The fourth-order valence-corrected chi connectivity index (χ4v) is 2.69. The molecule has 2 heterocycles. The Morgan fingerprint density at radius 1 is 1.26 bits per heavy atom. The number of piperidine rings is 1. The van der Waals surface area contributed by atoms with E-state index in [-0.39, 0.29) is 5.92 Å². The van der Waals surface area contributed by atoms with Crippen LogP contribution in [-0.2, 0) is 4.79 Å². The van der Waals surface area contributed by atoms with Crippen LogP contribution < -0.4 is 9.80 Å². The Morgan fingerprint density at radius 2 is 1.91 bits per heavy atom. The van der Waals surface area contributed by atoms with Gasteiger partial charge in [0, 0.05) is 38.4 Å². The second kappa shape index (κ2) is 6.28. The molecule has 0 unspecified atom stereocenters. The van der Waals surface area contributed by atoms with E-state index in [1.165, 1.54) is 0 Å². The molecule has 1 aromatic carbocycles. The van der Waals surface area contributed by atoms with Crippen LogP contribution in [0, 0.1) is 5.92 Å². The summed E-state index contributed by atoms with van der Waals surface area (Å²) in [5.74, 6) is -0.449. The Hall–Kier alpha value is -2.57. The number of carbonyl (C=O) groups is 1. The molecule has 3 rings (SSSR count). The zero-order chi connectivity index (χ0) is 16.4. The highest BCUT2D eigenvalue weighted by Gasteiger charge is 2.27. The van der Waals surface area contributed by atoms with Crippen LogP contribution in [0.15, 0.2) is 28.8 Å². The van der Waals surface area contributed by atoms with Crippen LogP contribution in [0.1, 0.15) is 12.8 Å². The lowest BCUT2D eigenvalue weighted by Gasteiger charge is -2.28. The van der Waals surface area contributed by atoms with Crippen LogP contribution in [0.3, 0.4) is 0 Å². The van der Waals surface area contributed by atoms with Crippen LogP contribution in [0.4, 0.5) is 11.7 Å². The summed E-state index contributed by atoms with van der Waals surface area (Å²) in [6, 6.07) is 8.38. The Kier molecular flexibility index (Phi) is 4.18. The van der Waals surface area contributed by atoms with Gasteiger partial charge in [0.1, 0.15) is 0 Å². The normalized spacial score (nSPS) is 15.7. The number of anilines is 2. The van der Waals surface area contributed by atoms with Gasteiger partial charge in [0.15, 0.2) is 0 Å². The third-order valence-corrected chi connectivity index (χ3v) is 4.17. The maximum atomic E-state index is 11.0. The summed E-state index contributed by atoms with van der Waals surface area (Å²) in [5, 5.41) is 13.1. The van der Waals surface area contributed by atoms with Crippen LogP contribution >= 0.6 is 0 Å². The van der Waals surface area contributed by atoms with E-state index in [2.05, 4.69) is 10.1 Å². The summed E-state index contributed by atoms with van der Waals surface area (Å²) < 4.78 is 5.34. The number of benzene rings is 1. The van der Waals surface area contributed by atoms with E-state index in [9.17, 15) is 4.79 Å². The third-order valence-electron chi connectivity index (χ3n) is 4.17. The van der Waals surface area contributed by atoms with Crippen molar-refractivity contribution in [3.8, 4) is 11.4 Å². The Labute approximate surface area is 134 Å². The average Bonchev–Trinajstić information content (AvgIpc) is 3.05. The molecule has 1 fully saturated rings. The molecule has 7 nitrogen and oxygen atoms in total. The predicted octanol–water partition coefficient (Wildman–Crippen LogP) is 2.10. The van der Waals surface area contributed by atoms with Crippen molar-refractivity contribution in [2.45, 2.75) is 12.8 Å². The number of carboxylic acid groups (broad SMARTS) is 1. The van der Waals surface area contributed by atoms with Crippen molar-refractivity contribution in [1.29, 1.82) is 0 Å². The molecule has 0 radical (unpaired) electrons. The fourth-order valence-electron chi connectivity index (χ4n) is 2.69. The van der Waals surface area contributed by atoms with Crippen molar-refractivity contribution < 1.29 is 14.4 Å². The van der Waals surface area contributed by atoms with E-state index < -0.39 is 5.97 Å². The Balaban J connectivity index is 1.70. The highest BCUT2D eigenvalue weighted by Crippen LogP contribution is 2.25. The molecule has 1 aliphatic heterocycles. The largest absolute Gasteiger partial charge is 0.481 e. The van der Waals surface area contributed by atoms with Gasteiger partial charge in [0.25, 0.3) is 0 Å². The first-order chi connectivity index (χ1) is 11.0. The molecule has 0 amide bonds. The lowest BCUT2D eigenvalue weighted by atomic mass is 9.97. The van der Waals surface area contributed by atoms with E-state index in [4.69, 9.17) is 9.63 Å². The van der Waals surface area contributed by atoms with Crippen molar-refractivity contribution in [1.82, 2.24) is 10.1 Å². The zero-order valence-electron chi connectivity index (χ0n) is 13.3. The number of hydrogen-bond acceptors (Lipinski definition) is 6. The average molecular weight is 316 g/mol. The van der Waals surface area contributed by atoms with Gasteiger partial charge in [0.05, 0.1) is 5.92 Å². The smallest absolute Gasteiger partial charge is 0.324 e. The molecule has 0 spiro atoms. The van der Waals surface area contributed by atoms with Gasteiger partial charge in [-0.15, -0.1) is 0 Å². The highest BCUT2D eigenvalue weighted by atomic mass is 16.5. The molecule has 1 aromatic heterocycles. The first-order valence-corrected chi connectivity index (χ1v) is 7.64. The SMILES string of the molecule is CN(C)c1ccc(-c2noc(N3CCC(C(=O)O)CC3)n2)cc1. The third kappa shape index (κ3) is 3.28. The Morgan fingerprint density at radius 3 is 2.48 bits per heavy atom. The molecule has 122 valence electrons. The maximum Gasteiger partial charge on any atom is 0.324 e. The lowest BCUT2D eigenvalue weighted by molar-refractivity contribution is -0.142. The molecule has 1 aliphatic rings. The summed E-state index contributed by atoms with van der Waals surface area (Å²) in [6.07, 6.45) is 1.20. The first-order valence-electron chi connectivity index (χ1n) is 7.64. The van der Waals surface area contributed by atoms with Crippen molar-refractivity contribution in [2.24, 2.45) is 5.92 Å². The summed E-state index contributed by atoms with van der Waals surface area (Å²) >= 11 is 0. The van der Waals surface area contributed by atoms with E-state index in [0.29, 0.717) is 37.8 Å². The van der Waals surface area contributed by atoms with Gasteiger partial charge < -0.3 is 19.4 Å². The van der Waals surface area contributed by atoms with Crippen LogP contribution in [0.5, 0.6) is 0 Å². The second-order valence-electron chi connectivity index (χ2n) is 5.94. The molecule has 0 atom stereocenters. The number of aliphatic carboxylic acids is 1. The van der Waals surface area contributed by atoms with Gasteiger partial charge in [0.2, 0.25) is 5.82 Å². The molecular formula is C16H20N4O3. The molecule has 0 aliphatic carbocycles. The van der Waals surface area contributed by atoms with Crippen LogP contribution in [-0.4, -0.2) is 48.4 Å². The quantitative estimate of drug-likeness (QED) is 0.925. The minimum atomic E-state index is -0.725. The summed E-state index contributed by atoms with van der Waals surface area (Å²) in [4.78, 5) is 19.4. The number of nitrogens with zero attached hydrogens (tertiary/aromatic N) is 4. The van der Waals surface area contributed by atoms with Crippen molar-refractivity contribution in [3.05, 3.63) is 24.3 Å². The van der Waals surface area contributed by atoms with E-state index in [1.54, 1.807) is 0 Å². The number of aromatic nitrogens is 2. The van der Waals surface area contributed by atoms with Crippen molar-refractivity contribution >= 4 is 17.7 Å². The van der Waals surface area contributed by atoms with Gasteiger partial charge in [-0.2, -0.15) is 4.98 Å². The van der Waals surface area contributed by atoms with E-state index in [1.807, 2.05) is 48.2 Å². The number of carboxylic acids is 1. The van der Waals surface area contributed by atoms with Gasteiger partial charge in [-0.1, -0.05) is 5.16 Å². The molecule has 0 bridgehead atoms. The minimum Gasteiger partial charge on any atom is -0.481 e. The van der Waals surface area contributed by atoms with Crippen molar-refractivity contribution in [2.75, 3.05) is 37.0 Å². The van der Waals surface area contributed by atoms with Gasteiger partial charge in [-0.25, -0.2) is 0 Å². The minimum absolute atomic E-state index is 0.271. The molecule has 0 saturated carbocycles. The number of hydrogen-bond donors (Lipinski definition) is 1. The van der Waals surface area contributed by atoms with Crippen molar-refractivity contribution in [3.63, 3.8) is 0 Å². The molecule has 1 saturated heterocycles. The van der Waals surface area contributed by atoms with Gasteiger partial charge >= 0.3 is 12.0 Å². The van der Waals surface area contributed by atoms with E-state index in [0.717, 1.165) is 11.3 Å². The van der Waals surface area contributed by atoms with Gasteiger partial charge in [-0.3, -0.25) is 4.79 Å². The fraction of sp³-hybridized carbons (Fsp3) is 0.438. The second-order valence-corrected chi connectivity index (χ2v) is 5.94. The topological polar surface area (TPSA) is 82.7 Å². The monoisotopic (exact) mass is 316 g/mol. The maximum absolute atomic E-state index is 11.0. The molecular weight excluding hydrogens is 296 g/mol. The van der Waals surface area contributed by atoms with Crippen LogP contribution in [0.2, 0.25) is 0 Å². The lowest BCUT2D eigenvalue weighted by Crippen LogP contribution is -2.36. The van der Waals surface area contributed by atoms with E-state index >= 15 is 0 Å². The predicted molar refractivity (Wildman–Crippen MR) is 86.6 cm³/mol. The molecule has 7 heteroatoms. The first kappa shape index (κ1) is 15.3. The summed E-state index contributed by atoms with van der Waals surface area (Å²) in [5.41, 5.74) is 2.00. The Bertz CT molecular complexity index is 673. The molecule has 1 N–H and O–H groups in total. The summed E-state index contributed by atoms with van der Waals surface area (Å²) in [6.45, 7) is 1.25.